The first-order chi connectivity index (χ1) is 11.1. The van der Waals surface area contributed by atoms with Gasteiger partial charge in [0.15, 0.2) is 0 Å². The van der Waals surface area contributed by atoms with Crippen LogP contribution in [0.15, 0.2) is 28.0 Å². The highest BCUT2D eigenvalue weighted by molar-refractivity contribution is 7.89. The highest BCUT2D eigenvalue weighted by Gasteiger charge is 2.22. The molecular weight excluding hydrogens is 354 g/mol. The maximum atomic E-state index is 12.5. The number of aromatic nitrogens is 1. The predicted octanol–water partition coefficient (Wildman–Crippen LogP) is 0.160. The van der Waals surface area contributed by atoms with Gasteiger partial charge in [0.2, 0.25) is 20.0 Å². The molecule has 24 heavy (non-hydrogen) atoms. The minimum absolute atomic E-state index is 0.0290. The summed E-state index contributed by atoms with van der Waals surface area (Å²) in [5.74, 6) is -0.112. The van der Waals surface area contributed by atoms with Gasteiger partial charge in [-0.05, 0) is 12.5 Å². The molecule has 0 aliphatic heterocycles. The van der Waals surface area contributed by atoms with Gasteiger partial charge in [-0.1, -0.05) is 13.8 Å². The van der Waals surface area contributed by atoms with E-state index in [2.05, 4.69) is 0 Å². The van der Waals surface area contributed by atoms with E-state index in [1.807, 2.05) is 0 Å². The molecule has 1 aromatic heterocycles. The minimum atomic E-state index is -3.66. The van der Waals surface area contributed by atoms with Crippen LogP contribution in [0, 0.1) is 0 Å². The zero-order valence-corrected chi connectivity index (χ0v) is 16.1. The molecule has 0 fully saturated rings. The third-order valence-electron chi connectivity index (χ3n) is 3.66. The number of hydrogen-bond donors (Lipinski definition) is 0. The Morgan fingerprint density at radius 2 is 1.62 bits per heavy atom. The first-order valence-electron chi connectivity index (χ1n) is 7.67. The molecule has 10 heteroatoms. The number of sulfonamides is 2. The topological polar surface area (TPSA) is 96.8 Å². The Bertz CT molecular complexity index is 809. The Kier molecular flexibility index (Phi) is 7.14. The Labute approximate surface area is 143 Å². The van der Waals surface area contributed by atoms with Gasteiger partial charge >= 0.3 is 0 Å². The van der Waals surface area contributed by atoms with E-state index in [-0.39, 0.29) is 29.2 Å². The van der Waals surface area contributed by atoms with E-state index in [1.165, 1.54) is 41.3 Å². The zero-order chi connectivity index (χ0) is 18.5. The van der Waals surface area contributed by atoms with Crippen molar-refractivity contribution in [2.45, 2.75) is 31.7 Å². The number of nitrogens with zero attached hydrogens (tertiary/aromatic N) is 3. The molecule has 8 nitrogen and oxygen atoms in total. The van der Waals surface area contributed by atoms with E-state index in [0.717, 1.165) is 4.31 Å². The quantitative estimate of drug-likeness (QED) is 0.609. The number of hydrogen-bond acceptors (Lipinski definition) is 5. The molecule has 0 amide bonds. The van der Waals surface area contributed by atoms with Gasteiger partial charge in [-0.3, -0.25) is 4.79 Å². The molecule has 0 saturated carbocycles. The van der Waals surface area contributed by atoms with E-state index in [1.54, 1.807) is 13.8 Å². The molecule has 1 aromatic rings. The summed E-state index contributed by atoms with van der Waals surface area (Å²) in [4.78, 5) is 11.9. The molecule has 0 N–H and O–H groups in total. The normalized spacial score (nSPS) is 12.9. The van der Waals surface area contributed by atoms with Crippen LogP contribution in [0.25, 0.3) is 0 Å². The van der Waals surface area contributed by atoms with Crippen molar-refractivity contribution < 1.29 is 16.8 Å². The largest absolute Gasteiger partial charge is 0.314 e. The molecule has 0 radical (unpaired) electrons. The van der Waals surface area contributed by atoms with Crippen LogP contribution in [0.5, 0.6) is 0 Å². The minimum Gasteiger partial charge on any atom is -0.314 e. The van der Waals surface area contributed by atoms with E-state index >= 15 is 0 Å². The summed E-state index contributed by atoms with van der Waals surface area (Å²) in [6.07, 6.45) is 1.49. The summed E-state index contributed by atoms with van der Waals surface area (Å²) in [7, 11) is -4.12. The van der Waals surface area contributed by atoms with Crippen molar-refractivity contribution >= 4 is 20.0 Å². The van der Waals surface area contributed by atoms with Crippen LogP contribution >= 0.6 is 0 Å². The first kappa shape index (κ1) is 20.8. The van der Waals surface area contributed by atoms with Crippen molar-refractivity contribution in [2.24, 2.45) is 0 Å². The molecule has 0 unspecified atom stereocenters. The van der Waals surface area contributed by atoms with Crippen LogP contribution in [0.1, 0.15) is 20.3 Å². The van der Waals surface area contributed by atoms with Crippen LogP contribution in [0.3, 0.4) is 0 Å². The summed E-state index contributed by atoms with van der Waals surface area (Å²) >= 11 is 0. The van der Waals surface area contributed by atoms with Crippen molar-refractivity contribution in [3.8, 4) is 0 Å². The van der Waals surface area contributed by atoms with Crippen molar-refractivity contribution in [3.05, 3.63) is 28.7 Å². The Balaban J connectivity index is 3.02. The summed E-state index contributed by atoms with van der Waals surface area (Å²) in [5, 5.41) is 0. The molecule has 0 bridgehead atoms. The Morgan fingerprint density at radius 1 is 1.04 bits per heavy atom. The average Bonchev–Trinajstić information content (AvgIpc) is 2.49. The lowest BCUT2D eigenvalue weighted by Gasteiger charge is -2.19. The van der Waals surface area contributed by atoms with Gasteiger partial charge in [0, 0.05) is 46.0 Å². The van der Waals surface area contributed by atoms with Gasteiger partial charge in [0.1, 0.15) is 0 Å². The second kappa shape index (κ2) is 8.24. The second-order valence-electron chi connectivity index (χ2n) is 5.44. The molecule has 138 valence electrons. The Morgan fingerprint density at radius 3 is 2.12 bits per heavy atom. The number of pyridine rings is 1. The van der Waals surface area contributed by atoms with E-state index in [9.17, 15) is 21.6 Å². The first-order valence-corrected chi connectivity index (χ1v) is 10.7. The van der Waals surface area contributed by atoms with E-state index in [0.29, 0.717) is 13.1 Å². The highest BCUT2D eigenvalue weighted by atomic mass is 32.2. The lowest BCUT2D eigenvalue weighted by Crippen LogP contribution is -2.32. The molecule has 0 aromatic carbocycles. The molecule has 0 saturated heterocycles. The van der Waals surface area contributed by atoms with Gasteiger partial charge in [-0.25, -0.2) is 21.1 Å². The summed E-state index contributed by atoms with van der Waals surface area (Å²) < 4.78 is 52.1. The number of aryl methyl sites for hydroxylation is 1. The van der Waals surface area contributed by atoms with Crippen LogP contribution in [-0.4, -0.2) is 63.0 Å². The average molecular weight is 380 g/mol. The van der Waals surface area contributed by atoms with Crippen molar-refractivity contribution in [3.63, 3.8) is 0 Å². The molecule has 1 heterocycles. The van der Waals surface area contributed by atoms with Gasteiger partial charge < -0.3 is 4.57 Å². The highest BCUT2D eigenvalue weighted by Crippen LogP contribution is 2.13. The third kappa shape index (κ3) is 4.88. The molecule has 1 rings (SSSR count). The monoisotopic (exact) mass is 379 g/mol. The lowest BCUT2D eigenvalue weighted by molar-refractivity contribution is 0.444. The smallest absolute Gasteiger partial charge is 0.250 e. The van der Waals surface area contributed by atoms with E-state index < -0.39 is 20.0 Å². The summed E-state index contributed by atoms with van der Waals surface area (Å²) in [6, 6.07) is 2.47. The van der Waals surface area contributed by atoms with Crippen molar-refractivity contribution in [1.29, 1.82) is 0 Å². The van der Waals surface area contributed by atoms with Crippen LogP contribution in [0.4, 0.5) is 0 Å². The van der Waals surface area contributed by atoms with Crippen LogP contribution in [-0.2, 0) is 26.6 Å². The predicted molar refractivity (Wildman–Crippen MR) is 92.9 cm³/mol. The SMILES string of the molecule is CCN(CC)S(=O)(=O)c1ccc(=O)n(CCCS(=O)(=O)N(C)C)c1. The van der Waals surface area contributed by atoms with Gasteiger partial charge in [0.25, 0.3) is 5.56 Å². The van der Waals surface area contributed by atoms with E-state index in [4.69, 9.17) is 0 Å². The maximum absolute atomic E-state index is 12.5. The molecule has 0 aliphatic rings. The van der Waals surface area contributed by atoms with Gasteiger partial charge in [0.05, 0.1) is 10.6 Å². The fraction of sp³-hybridized carbons (Fsp3) is 0.643. The van der Waals surface area contributed by atoms with Gasteiger partial charge in [-0.15, -0.1) is 0 Å². The Hall–Kier alpha value is -1.23. The summed E-state index contributed by atoms with van der Waals surface area (Å²) in [5.41, 5.74) is -0.365. The summed E-state index contributed by atoms with van der Waals surface area (Å²) in [6.45, 7) is 4.28. The second-order valence-corrected chi connectivity index (χ2v) is 9.68. The molecule has 0 atom stereocenters. The van der Waals surface area contributed by atoms with Crippen LogP contribution < -0.4 is 5.56 Å². The molecular formula is C14H25N3O5S2. The fourth-order valence-corrected chi connectivity index (χ4v) is 4.49. The third-order valence-corrected chi connectivity index (χ3v) is 7.61. The standard InChI is InChI=1S/C14H25N3O5S2/c1-5-17(6-2)24(21,22)13-8-9-14(18)16(12-13)10-7-11-23(19,20)15(3)4/h8-9,12H,5-7,10-11H2,1-4H3. The molecule has 0 aliphatic carbocycles. The maximum Gasteiger partial charge on any atom is 0.250 e. The van der Waals surface area contributed by atoms with Crippen LogP contribution in [0.2, 0.25) is 0 Å². The van der Waals surface area contributed by atoms with Crippen molar-refractivity contribution in [1.82, 2.24) is 13.2 Å². The molecule has 0 spiro atoms. The fourth-order valence-electron chi connectivity index (χ4n) is 2.15. The lowest BCUT2D eigenvalue weighted by atomic mass is 10.4. The van der Waals surface area contributed by atoms with Gasteiger partial charge in [-0.2, -0.15) is 4.31 Å². The zero-order valence-electron chi connectivity index (χ0n) is 14.5. The van der Waals surface area contributed by atoms with Crippen molar-refractivity contribution in [2.75, 3.05) is 32.9 Å². The number of rotatable bonds is 9.